The van der Waals surface area contributed by atoms with E-state index in [0.29, 0.717) is 37.6 Å². The maximum atomic E-state index is 13.5. The summed E-state index contributed by atoms with van der Waals surface area (Å²) in [5, 5.41) is 2.60. The van der Waals surface area contributed by atoms with Crippen molar-refractivity contribution in [2.75, 3.05) is 43.9 Å². The van der Waals surface area contributed by atoms with Crippen molar-refractivity contribution in [1.29, 1.82) is 0 Å². The molecule has 2 aromatic carbocycles. The molecule has 1 atom stereocenters. The molecule has 0 unspecified atom stereocenters. The highest BCUT2D eigenvalue weighted by molar-refractivity contribution is 7.92. The zero-order chi connectivity index (χ0) is 24.7. The lowest BCUT2D eigenvalue weighted by molar-refractivity contribution is -0.139. The number of fused-ring (bicyclic) bond motifs is 1. The summed E-state index contributed by atoms with van der Waals surface area (Å²) < 4.78 is 37.5. The van der Waals surface area contributed by atoms with E-state index < -0.39 is 28.5 Å². The van der Waals surface area contributed by atoms with Crippen LogP contribution in [0.4, 0.5) is 5.69 Å². The number of hydrogen-bond acceptors (Lipinski definition) is 6. The van der Waals surface area contributed by atoms with Gasteiger partial charge in [-0.25, -0.2) is 8.42 Å². The minimum atomic E-state index is -3.81. The fourth-order valence-electron chi connectivity index (χ4n) is 3.86. The topological polar surface area (TPSA) is 105 Å². The second-order valence-electron chi connectivity index (χ2n) is 7.96. The Hall–Kier alpha value is -3.27. The standard InChI is InChI=1S/C24H31N3O6S/c1-4-20(24(29)25-2)26(13-12-18-8-6-5-7-9-18)23(28)17-27(34(3,30)31)19-10-11-21-22(16-19)33-15-14-32-21/h5-11,16,20H,4,12-15,17H2,1-3H3,(H,25,29)/t20-/m0/s1. The third-order valence-electron chi connectivity index (χ3n) is 5.61. The Bertz CT molecular complexity index is 1110. The van der Waals surface area contributed by atoms with Gasteiger partial charge < -0.3 is 19.7 Å². The first-order valence-electron chi connectivity index (χ1n) is 11.2. The van der Waals surface area contributed by atoms with Crippen molar-refractivity contribution in [3.05, 3.63) is 54.1 Å². The van der Waals surface area contributed by atoms with Gasteiger partial charge in [-0.05, 0) is 30.5 Å². The quantitative estimate of drug-likeness (QED) is 0.546. The summed E-state index contributed by atoms with van der Waals surface area (Å²) >= 11 is 0. The lowest BCUT2D eigenvalue weighted by Gasteiger charge is -2.32. The molecule has 2 aromatic rings. The van der Waals surface area contributed by atoms with Gasteiger partial charge in [0.25, 0.3) is 0 Å². The highest BCUT2D eigenvalue weighted by Crippen LogP contribution is 2.34. The Balaban J connectivity index is 1.88. The zero-order valence-electron chi connectivity index (χ0n) is 19.7. The van der Waals surface area contributed by atoms with Crippen molar-refractivity contribution in [2.45, 2.75) is 25.8 Å². The van der Waals surface area contributed by atoms with Gasteiger partial charge in [0, 0.05) is 19.7 Å². The van der Waals surface area contributed by atoms with Crippen LogP contribution in [-0.4, -0.2) is 70.8 Å². The van der Waals surface area contributed by atoms with E-state index in [1.165, 1.54) is 11.9 Å². The molecule has 1 N–H and O–H groups in total. The van der Waals surface area contributed by atoms with Crippen LogP contribution in [-0.2, 0) is 26.0 Å². The van der Waals surface area contributed by atoms with Crippen molar-refractivity contribution < 1.29 is 27.5 Å². The van der Waals surface area contributed by atoms with Crippen LogP contribution in [0.25, 0.3) is 0 Å². The first-order valence-corrected chi connectivity index (χ1v) is 13.0. The maximum Gasteiger partial charge on any atom is 0.244 e. The highest BCUT2D eigenvalue weighted by Gasteiger charge is 2.31. The van der Waals surface area contributed by atoms with Crippen LogP contribution in [0.3, 0.4) is 0 Å². The van der Waals surface area contributed by atoms with Gasteiger partial charge in [0.2, 0.25) is 21.8 Å². The number of amides is 2. The Labute approximate surface area is 200 Å². The summed E-state index contributed by atoms with van der Waals surface area (Å²) in [6.07, 6.45) is 1.97. The molecule has 34 heavy (non-hydrogen) atoms. The molecule has 1 aliphatic rings. The molecular formula is C24H31N3O6S. The Morgan fingerprint density at radius 3 is 2.35 bits per heavy atom. The number of sulfonamides is 1. The fraction of sp³-hybridized carbons (Fsp3) is 0.417. The molecule has 10 heteroatoms. The third-order valence-corrected chi connectivity index (χ3v) is 6.75. The molecule has 0 saturated heterocycles. The van der Waals surface area contributed by atoms with E-state index >= 15 is 0 Å². The summed E-state index contributed by atoms with van der Waals surface area (Å²) in [5.74, 6) is 0.174. The van der Waals surface area contributed by atoms with Crippen molar-refractivity contribution in [2.24, 2.45) is 0 Å². The predicted octanol–water partition coefficient (Wildman–Crippen LogP) is 1.82. The number of nitrogens with one attached hydrogen (secondary N) is 1. The average molecular weight is 490 g/mol. The van der Waals surface area contributed by atoms with E-state index in [9.17, 15) is 18.0 Å². The lowest BCUT2D eigenvalue weighted by atomic mass is 10.1. The van der Waals surface area contributed by atoms with Gasteiger partial charge >= 0.3 is 0 Å². The molecule has 1 aliphatic heterocycles. The van der Waals surface area contributed by atoms with E-state index in [-0.39, 0.29) is 18.1 Å². The predicted molar refractivity (Wildman–Crippen MR) is 130 cm³/mol. The lowest BCUT2D eigenvalue weighted by Crippen LogP contribution is -2.52. The molecule has 0 aromatic heterocycles. The Kier molecular flexibility index (Phi) is 8.38. The number of carbonyl (C=O) groups is 2. The molecule has 0 aliphatic carbocycles. The first-order chi connectivity index (χ1) is 16.2. The van der Waals surface area contributed by atoms with Gasteiger partial charge in [-0.3, -0.25) is 13.9 Å². The van der Waals surface area contributed by atoms with Crippen LogP contribution in [0, 0.1) is 0 Å². The van der Waals surface area contributed by atoms with E-state index in [1.54, 1.807) is 18.2 Å². The molecule has 0 radical (unpaired) electrons. The van der Waals surface area contributed by atoms with Crippen LogP contribution < -0.4 is 19.1 Å². The van der Waals surface area contributed by atoms with E-state index in [2.05, 4.69) is 5.32 Å². The molecule has 3 rings (SSSR count). The first kappa shape index (κ1) is 25.4. The van der Waals surface area contributed by atoms with Crippen molar-refractivity contribution in [1.82, 2.24) is 10.2 Å². The molecule has 0 bridgehead atoms. The van der Waals surface area contributed by atoms with Crippen LogP contribution in [0.2, 0.25) is 0 Å². The summed E-state index contributed by atoms with van der Waals surface area (Å²) in [5.41, 5.74) is 1.30. The van der Waals surface area contributed by atoms with Gasteiger partial charge in [0.1, 0.15) is 25.8 Å². The smallest absolute Gasteiger partial charge is 0.244 e. The Morgan fingerprint density at radius 1 is 1.06 bits per heavy atom. The highest BCUT2D eigenvalue weighted by atomic mass is 32.2. The third kappa shape index (κ3) is 6.19. The number of hydrogen-bond donors (Lipinski definition) is 1. The van der Waals surface area contributed by atoms with Crippen LogP contribution in [0.1, 0.15) is 18.9 Å². The van der Waals surface area contributed by atoms with Gasteiger partial charge in [-0.15, -0.1) is 0 Å². The molecule has 1 heterocycles. The van der Waals surface area contributed by atoms with Crippen molar-refractivity contribution in [3.8, 4) is 11.5 Å². The number of anilines is 1. The Morgan fingerprint density at radius 2 is 1.74 bits per heavy atom. The summed E-state index contributed by atoms with van der Waals surface area (Å²) in [6, 6.07) is 13.6. The van der Waals surface area contributed by atoms with Crippen LogP contribution in [0.5, 0.6) is 11.5 Å². The fourth-order valence-corrected chi connectivity index (χ4v) is 4.70. The molecule has 0 spiro atoms. The second-order valence-corrected chi connectivity index (χ2v) is 9.87. The number of ether oxygens (including phenoxy) is 2. The normalized spacial score (nSPS) is 13.6. The molecule has 0 fully saturated rings. The molecular weight excluding hydrogens is 458 g/mol. The molecule has 184 valence electrons. The van der Waals surface area contributed by atoms with Crippen molar-refractivity contribution >= 4 is 27.5 Å². The average Bonchev–Trinajstić information content (AvgIpc) is 2.84. The van der Waals surface area contributed by atoms with Gasteiger partial charge in [-0.2, -0.15) is 0 Å². The molecule has 9 nitrogen and oxygen atoms in total. The van der Waals surface area contributed by atoms with E-state index in [1.807, 2.05) is 37.3 Å². The largest absolute Gasteiger partial charge is 0.486 e. The number of nitrogens with zero attached hydrogens (tertiary/aromatic N) is 2. The van der Waals surface area contributed by atoms with Crippen molar-refractivity contribution in [3.63, 3.8) is 0 Å². The minimum absolute atomic E-state index is 0.271. The number of carbonyl (C=O) groups excluding carboxylic acids is 2. The molecule has 2 amide bonds. The number of benzene rings is 2. The zero-order valence-corrected chi connectivity index (χ0v) is 20.5. The van der Waals surface area contributed by atoms with Gasteiger partial charge in [0.05, 0.1) is 11.9 Å². The van der Waals surface area contributed by atoms with E-state index in [4.69, 9.17) is 9.47 Å². The molecule has 0 saturated carbocycles. The monoisotopic (exact) mass is 489 g/mol. The summed E-state index contributed by atoms with van der Waals surface area (Å²) in [4.78, 5) is 27.5. The SMILES string of the molecule is CC[C@@H](C(=O)NC)N(CCc1ccccc1)C(=O)CN(c1ccc2c(c1)OCCO2)S(C)(=O)=O. The summed E-state index contributed by atoms with van der Waals surface area (Å²) in [6.45, 7) is 2.41. The summed E-state index contributed by atoms with van der Waals surface area (Å²) in [7, 11) is -2.29. The number of rotatable bonds is 10. The van der Waals surface area contributed by atoms with E-state index in [0.717, 1.165) is 16.1 Å². The second kappa shape index (κ2) is 11.2. The van der Waals surface area contributed by atoms with Crippen LogP contribution in [0.15, 0.2) is 48.5 Å². The van der Waals surface area contributed by atoms with Gasteiger partial charge in [-0.1, -0.05) is 37.3 Å². The minimum Gasteiger partial charge on any atom is -0.486 e. The van der Waals surface area contributed by atoms with Gasteiger partial charge in [0.15, 0.2) is 11.5 Å². The number of likely N-dealkylation sites (N-methyl/N-ethyl adjacent to an activating group) is 1. The maximum absolute atomic E-state index is 13.5. The van der Waals surface area contributed by atoms with Crippen LogP contribution >= 0.6 is 0 Å².